The van der Waals surface area contributed by atoms with Gasteiger partial charge in [0.25, 0.3) is 0 Å². The predicted molar refractivity (Wildman–Crippen MR) is 103 cm³/mol. The van der Waals surface area contributed by atoms with Crippen LogP contribution in [0, 0.1) is 6.92 Å². The molecule has 0 heterocycles. The molecule has 0 saturated carbocycles. The van der Waals surface area contributed by atoms with Crippen LogP contribution in [-0.2, 0) is 14.8 Å². The zero-order chi connectivity index (χ0) is 19.3. The first kappa shape index (κ1) is 19.8. The Labute approximate surface area is 154 Å². The highest BCUT2D eigenvalue weighted by molar-refractivity contribution is 7.92. The molecule has 2 aromatic rings. The molecule has 0 aliphatic rings. The summed E-state index contributed by atoms with van der Waals surface area (Å²) in [6.07, 6.45) is 1.09. The van der Waals surface area contributed by atoms with Crippen molar-refractivity contribution in [2.45, 2.75) is 19.9 Å². The number of para-hydroxylation sites is 2. The number of hydrogen-bond acceptors (Lipinski definition) is 4. The third-order valence-corrected chi connectivity index (χ3v) is 5.18. The van der Waals surface area contributed by atoms with Crippen molar-refractivity contribution in [3.63, 3.8) is 0 Å². The lowest BCUT2D eigenvalue weighted by molar-refractivity contribution is -0.120. The van der Waals surface area contributed by atoms with Gasteiger partial charge in [-0.3, -0.25) is 9.10 Å². The first-order valence-electron chi connectivity index (χ1n) is 8.19. The Balaban J connectivity index is 2.19. The second-order valence-electron chi connectivity index (χ2n) is 6.09. The van der Waals surface area contributed by atoms with Gasteiger partial charge in [0, 0.05) is 5.56 Å². The van der Waals surface area contributed by atoms with E-state index in [9.17, 15) is 13.2 Å². The highest BCUT2D eigenvalue weighted by Gasteiger charge is 2.23. The maximum Gasteiger partial charge on any atom is 0.241 e. The highest BCUT2D eigenvalue weighted by atomic mass is 32.2. The van der Waals surface area contributed by atoms with E-state index in [0.29, 0.717) is 11.4 Å². The van der Waals surface area contributed by atoms with E-state index < -0.39 is 15.9 Å². The SMILES string of the molecule is COc1ccccc1[C@H](C)NC(=O)CN(c1ccccc1C)S(C)(=O)=O. The van der Waals surface area contributed by atoms with Crippen LogP contribution in [0.4, 0.5) is 5.69 Å². The van der Waals surface area contributed by atoms with Crippen molar-refractivity contribution in [2.75, 3.05) is 24.2 Å². The van der Waals surface area contributed by atoms with Crippen LogP contribution < -0.4 is 14.4 Å². The maximum absolute atomic E-state index is 12.5. The summed E-state index contributed by atoms with van der Waals surface area (Å²) in [5.74, 6) is 0.274. The number of carbonyl (C=O) groups is 1. The van der Waals surface area contributed by atoms with E-state index in [1.807, 2.05) is 50.2 Å². The summed E-state index contributed by atoms with van der Waals surface area (Å²) in [6, 6.07) is 14.1. The number of rotatable bonds is 7. The number of carbonyl (C=O) groups excluding carboxylic acids is 1. The van der Waals surface area contributed by atoms with Crippen LogP contribution in [0.15, 0.2) is 48.5 Å². The van der Waals surface area contributed by atoms with Crippen molar-refractivity contribution >= 4 is 21.6 Å². The Morgan fingerprint density at radius 1 is 1.15 bits per heavy atom. The van der Waals surface area contributed by atoms with E-state index in [4.69, 9.17) is 4.74 Å². The molecule has 2 aromatic carbocycles. The molecule has 7 heteroatoms. The number of ether oxygens (including phenoxy) is 1. The van der Waals surface area contributed by atoms with E-state index in [0.717, 1.165) is 21.7 Å². The Hall–Kier alpha value is -2.54. The molecule has 140 valence electrons. The number of hydrogen-bond donors (Lipinski definition) is 1. The lowest BCUT2D eigenvalue weighted by Crippen LogP contribution is -2.41. The zero-order valence-electron chi connectivity index (χ0n) is 15.4. The van der Waals surface area contributed by atoms with Crippen LogP contribution in [-0.4, -0.2) is 34.2 Å². The number of benzene rings is 2. The van der Waals surface area contributed by atoms with E-state index in [1.54, 1.807) is 19.2 Å². The van der Waals surface area contributed by atoms with Gasteiger partial charge in [0.1, 0.15) is 12.3 Å². The molecule has 0 aliphatic heterocycles. The lowest BCUT2D eigenvalue weighted by atomic mass is 10.1. The van der Waals surface area contributed by atoms with Crippen molar-refractivity contribution in [2.24, 2.45) is 0 Å². The minimum Gasteiger partial charge on any atom is -0.496 e. The summed E-state index contributed by atoms with van der Waals surface area (Å²) in [7, 11) is -2.03. The summed E-state index contributed by atoms with van der Waals surface area (Å²) in [4.78, 5) is 12.5. The van der Waals surface area contributed by atoms with Gasteiger partial charge in [-0.05, 0) is 31.5 Å². The third-order valence-electron chi connectivity index (χ3n) is 4.05. The van der Waals surface area contributed by atoms with Crippen molar-refractivity contribution < 1.29 is 17.9 Å². The smallest absolute Gasteiger partial charge is 0.241 e. The zero-order valence-corrected chi connectivity index (χ0v) is 16.2. The second-order valence-corrected chi connectivity index (χ2v) is 7.99. The Kier molecular flexibility index (Phi) is 6.26. The van der Waals surface area contributed by atoms with E-state index >= 15 is 0 Å². The van der Waals surface area contributed by atoms with Gasteiger partial charge in [-0.2, -0.15) is 0 Å². The maximum atomic E-state index is 12.5. The molecule has 0 radical (unpaired) electrons. The van der Waals surface area contributed by atoms with Gasteiger partial charge in [0.05, 0.1) is 25.1 Å². The van der Waals surface area contributed by atoms with Gasteiger partial charge in [-0.15, -0.1) is 0 Å². The molecular weight excluding hydrogens is 352 g/mol. The van der Waals surface area contributed by atoms with Crippen LogP contribution in [0.1, 0.15) is 24.1 Å². The number of methoxy groups -OCH3 is 1. The second kappa shape index (κ2) is 8.23. The van der Waals surface area contributed by atoms with Crippen LogP contribution in [0.2, 0.25) is 0 Å². The molecule has 1 N–H and O–H groups in total. The predicted octanol–water partition coefficient (Wildman–Crippen LogP) is 2.65. The fraction of sp³-hybridized carbons (Fsp3) is 0.316. The van der Waals surface area contributed by atoms with Gasteiger partial charge < -0.3 is 10.1 Å². The fourth-order valence-corrected chi connectivity index (χ4v) is 3.66. The van der Waals surface area contributed by atoms with Crippen LogP contribution in [0.25, 0.3) is 0 Å². The summed E-state index contributed by atoms with van der Waals surface area (Å²) in [5.41, 5.74) is 2.10. The first-order valence-corrected chi connectivity index (χ1v) is 10.0. The van der Waals surface area contributed by atoms with Crippen LogP contribution >= 0.6 is 0 Å². The van der Waals surface area contributed by atoms with E-state index in [1.165, 1.54) is 0 Å². The minimum atomic E-state index is -3.60. The average Bonchev–Trinajstić information content (AvgIpc) is 2.59. The molecule has 0 aromatic heterocycles. The molecule has 0 fully saturated rings. The summed E-state index contributed by atoms with van der Waals surface area (Å²) >= 11 is 0. The van der Waals surface area contributed by atoms with Gasteiger partial charge in [-0.25, -0.2) is 8.42 Å². The number of amides is 1. The Morgan fingerprint density at radius 3 is 2.38 bits per heavy atom. The quantitative estimate of drug-likeness (QED) is 0.806. The minimum absolute atomic E-state index is 0.289. The molecule has 1 amide bonds. The molecule has 0 spiro atoms. The van der Waals surface area contributed by atoms with Crippen molar-refractivity contribution in [3.05, 3.63) is 59.7 Å². The lowest BCUT2D eigenvalue weighted by Gasteiger charge is -2.25. The molecule has 0 aliphatic carbocycles. The number of aryl methyl sites for hydroxylation is 1. The summed E-state index contributed by atoms with van der Waals surface area (Å²) < 4.78 is 30.8. The van der Waals surface area contributed by atoms with Gasteiger partial charge in [0.2, 0.25) is 15.9 Å². The summed E-state index contributed by atoms with van der Waals surface area (Å²) in [6.45, 7) is 3.35. The van der Waals surface area contributed by atoms with Gasteiger partial charge in [0.15, 0.2) is 0 Å². The molecule has 26 heavy (non-hydrogen) atoms. The average molecular weight is 376 g/mol. The molecule has 2 rings (SSSR count). The normalized spacial score (nSPS) is 12.3. The van der Waals surface area contributed by atoms with Crippen LogP contribution in [0.5, 0.6) is 5.75 Å². The molecule has 0 saturated heterocycles. The fourth-order valence-electron chi connectivity index (χ4n) is 2.74. The van der Waals surface area contributed by atoms with Crippen molar-refractivity contribution in [3.8, 4) is 5.75 Å². The van der Waals surface area contributed by atoms with E-state index in [2.05, 4.69) is 5.32 Å². The monoisotopic (exact) mass is 376 g/mol. The molecule has 0 bridgehead atoms. The number of anilines is 1. The topological polar surface area (TPSA) is 75.7 Å². The highest BCUT2D eigenvalue weighted by Crippen LogP contribution is 2.25. The number of sulfonamides is 1. The first-order chi connectivity index (χ1) is 12.2. The van der Waals surface area contributed by atoms with Gasteiger partial charge in [-0.1, -0.05) is 36.4 Å². The Morgan fingerprint density at radius 2 is 1.77 bits per heavy atom. The van der Waals surface area contributed by atoms with Crippen LogP contribution in [0.3, 0.4) is 0 Å². The van der Waals surface area contributed by atoms with Gasteiger partial charge >= 0.3 is 0 Å². The van der Waals surface area contributed by atoms with Crippen molar-refractivity contribution in [1.29, 1.82) is 0 Å². The van der Waals surface area contributed by atoms with E-state index in [-0.39, 0.29) is 12.6 Å². The molecular formula is C19H24N2O4S. The largest absolute Gasteiger partial charge is 0.496 e. The molecule has 1 atom stereocenters. The number of nitrogens with one attached hydrogen (secondary N) is 1. The third kappa shape index (κ3) is 4.76. The molecule has 6 nitrogen and oxygen atoms in total. The summed E-state index contributed by atoms with van der Waals surface area (Å²) in [5, 5.41) is 2.84. The number of nitrogens with zero attached hydrogens (tertiary/aromatic N) is 1. The van der Waals surface area contributed by atoms with Crippen molar-refractivity contribution in [1.82, 2.24) is 5.32 Å². The Bertz CT molecular complexity index is 881. The molecule has 0 unspecified atom stereocenters. The standard InChI is InChI=1S/C19H24N2O4S/c1-14-9-5-7-11-17(14)21(26(4,23)24)13-19(22)20-15(2)16-10-6-8-12-18(16)25-3/h5-12,15H,13H2,1-4H3,(H,20,22)/t15-/m0/s1.